The fourth-order valence-corrected chi connectivity index (χ4v) is 2.75. The number of hydrogen-bond acceptors (Lipinski definition) is 2. The van der Waals surface area contributed by atoms with E-state index in [2.05, 4.69) is 24.1 Å². The van der Waals surface area contributed by atoms with Gasteiger partial charge in [-0.15, -0.1) is 0 Å². The first-order valence-corrected chi connectivity index (χ1v) is 7.27. The highest BCUT2D eigenvalue weighted by Crippen LogP contribution is 2.30. The van der Waals surface area contributed by atoms with Gasteiger partial charge in [0, 0.05) is 24.2 Å². The van der Waals surface area contributed by atoms with Crippen molar-refractivity contribution < 1.29 is 0 Å². The summed E-state index contributed by atoms with van der Waals surface area (Å²) in [5.41, 5.74) is 1.05. The van der Waals surface area contributed by atoms with Gasteiger partial charge in [-0.3, -0.25) is 0 Å². The minimum absolute atomic E-state index is 0.502. The molecule has 0 radical (unpaired) electrons. The Morgan fingerprint density at radius 3 is 2.83 bits per heavy atom. The molecule has 1 saturated heterocycles. The van der Waals surface area contributed by atoms with Crippen LogP contribution in [-0.4, -0.2) is 25.7 Å². The van der Waals surface area contributed by atoms with Gasteiger partial charge < -0.3 is 10.2 Å². The van der Waals surface area contributed by atoms with Gasteiger partial charge in [-0.25, -0.2) is 0 Å². The quantitative estimate of drug-likeness (QED) is 0.889. The van der Waals surface area contributed by atoms with Crippen LogP contribution in [0.5, 0.6) is 0 Å². The molecule has 1 atom stereocenters. The SMILES string of the molecule is CC(C)C1CN(c2cc(Cl)ccc2Cl)CCCN1. The van der Waals surface area contributed by atoms with E-state index in [1.54, 1.807) is 0 Å². The molecule has 1 heterocycles. The van der Waals surface area contributed by atoms with E-state index >= 15 is 0 Å². The first kappa shape index (κ1) is 14.0. The summed E-state index contributed by atoms with van der Waals surface area (Å²) in [6, 6.07) is 6.18. The van der Waals surface area contributed by atoms with E-state index in [1.165, 1.54) is 0 Å². The first-order valence-electron chi connectivity index (χ1n) is 6.51. The van der Waals surface area contributed by atoms with Crippen LogP contribution in [0.3, 0.4) is 0 Å². The number of halogens is 2. The number of rotatable bonds is 2. The average Bonchev–Trinajstić information content (AvgIpc) is 2.58. The van der Waals surface area contributed by atoms with Crippen molar-refractivity contribution >= 4 is 28.9 Å². The van der Waals surface area contributed by atoms with Crippen molar-refractivity contribution in [2.45, 2.75) is 26.3 Å². The van der Waals surface area contributed by atoms with Crippen LogP contribution in [0.2, 0.25) is 10.0 Å². The third-order valence-electron chi connectivity index (χ3n) is 3.48. The Balaban J connectivity index is 2.22. The molecule has 0 saturated carbocycles. The molecule has 2 rings (SSSR count). The van der Waals surface area contributed by atoms with E-state index in [-0.39, 0.29) is 0 Å². The molecule has 1 fully saturated rings. The molecule has 1 aromatic carbocycles. The Morgan fingerprint density at radius 1 is 1.33 bits per heavy atom. The van der Waals surface area contributed by atoms with Crippen molar-refractivity contribution in [3.63, 3.8) is 0 Å². The summed E-state index contributed by atoms with van der Waals surface area (Å²) in [6.45, 7) is 7.58. The lowest BCUT2D eigenvalue weighted by Gasteiger charge is -2.29. The number of nitrogens with zero attached hydrogens (tertiary/aromatic N) is 1. The molecule has 1 aliphatic heterocycles. The van der Waals surface area contributed by atoms with Crippen molar-refractivity contribution in [1.29, 1.82) is 0 Å². The lowest BCUT2D eigenvalue weighted by molar-refractivity contribution is 0.420. The van der Waals surface area contributed by atoms with Gasteiger partial charge in [0.05, 0.1) is 10.7 Å². The second kappa shape index (κ2) is 6.14. The smallest absolute Gasteiger partial charge is 0.0640 e. The fourth-order valence-electron chi connectivity index (χ4n) is 2.34. The molecule has 1 unspecified atom stereocenters. The standard InChI is InChI=1S/C14H20Cl2N2/c1-10(2)13-9-18(7-3-6-17-13)14-8-11(15)4-5-12(14)16/h4-5,8,10,13,17H,3,6-7,9H2,1-2H3. The summed E-state index contributed by atoms with van der Waals surface area (Å²) in [4.78, 5) is 2.35. The van der Waals surface area contributed by atoms with E-state index in [9.17, 15) is 0 Å². The topological polar surface area (TPSA) is 15.3 Å². The van der Waals surface area contributed by atoms with E-state index < -0.39 is 0 Å². The predicted octanol–water partition coefficient (Wildman–Crippen LogP) is 3.82. The highest BCUT2D eigenvalue weighted by atomic mass is 35.5. The summed E-state index contributed by atoms with van der Waals surface area (Å²) >= 11 is 12.4. The molecule has 100 valence electrons. The van der Waals surface area contributed by atoms with Gasteiger partial charge in [-0.1, -0.05) is 37.0 Å². The van der Waals surface area contributed by atoms with Crippen LogP contribution in [0, 0.1) is 5.92 Å². The highest BCUT2D eigenvalue weighted by Gasteiger charge is 2.21. The number of nitrogens with one attached hydrogen (secondary N) is 1. The van der Waals surface area contributed by atoms with Gasteiger partial charge >= 0.3 is 0 Å². The van der Waals surface area contributed by atoms with Gasteiger partial charge in [-0.2, -0.15) is 0 Å². The van der Waals surface area contributed by atoms with Crippen LogP contribution in [-0.2, 0) is 0 Å². The van der Waals surface area contributed by atoms with Crippen LogP contribution in [0.4, 0.5) is 5.69 Å². The third kappa shape index (κ3) is 3.31. The maximum absolute atomic E-state index is 6.29. The number of anilines is 1. The van der Waals surface area contributed by atoms with Gasteiger partial charge in [0.15, 0.2) is 0 Å². The molecule has 4 heteroatoms. The summed E-state index contributed by atoms with van der Waals surface area (Å²) in [5, 5.41) is 5.12. The molecule has 0 amide bonds. The second-order valence-electron chi connectivity index (χ2n) is 5.20. The van der Waals surface area contributed by atoms with Crippen LogP contribution in [0.15, 0.2) is 18.2 Å². The Morgan fingerprint density at radius 2 is 2.11 bits per heavy atom. The van der Waals surface area contributed by atoms with Crippen LogP contribution >= 0.6 is 23.2 Å². The van der Waals surface area contributed by atoms with Crippen molar-refractivity contribution in [3.05, 3.63) is 28.2 Å². The molecule has 0 aromatic heterocycles. The van der Waals surface area contributed by atoms with Gasteiger partial charge in [-0.05, 0) is 37.1 Å². The molecule has 0 spiro atoms. The van der Waals surface area contributed by atoms with Crippen LogP contribution < -0.4 is 10.2 Å². The largest absolute Gasteiger partial charge is 0.369 e. The van der Waals surface area contributed by atoms with E-state index in [0.717, 1.165) is 41.8 Å². The molecule has 0 aliphatic carbocycles. The van der Waals surface area contributed by atoms with E-state index in [4.69, 9.17) is 23.2 Å². The molecular weight excluding hydrogens is 267 g/mol. The summed E-state index contributed by atoms with van der Waals surface area (Å²) in [7, 11) is 0. The zero-order valence-electron chi connectivity index (χ0n) is 10.9. The number of hydrogen-bond donors (Lipinski definition) is 1. The Labute approximate surface area is 119 Å². The zero-order chi connectivity index (χ0) is 13.1. The molecule has 1 aliphatic rings. The maximum atomic E-state index is 6.29. The highest BCUT2D eigenvalue weighted by molar-refractivity contribution is 6.35. The molecule has 1 aromatic rings. The van der Waals surface area contributed by atoms with Crippen molar-refractivity contribution in [3.8, 4) is 0 Å². The molecule has 1 N–H and O–H groups in total. The van der Waals surface area contributed by atoms with Crippen LogP contribution in [0.25, 0.3) is 0 Å². The lowest BCUT2D eigenvalue weighted by Crippen LogP contribution is -2.41. The lowest BCUT2D eigenvalue weighted by atomic mass is 10.0. The molecule has 0 bridgehead atoms. The van der Waals surface area contributed by atoms with E-state index in [0.29, 0.717) is 12.0 Å². The summed E-state index contributed by atoms with van der Waals surface area (Å²) in [6.07, 6.45) is 1.13. The summed E-state index contributed by atoms with van der Waals surface area (Å²) < 4.78 is 0. The molecule has 2 nitrogen and oxygen atoms in total. The van der Waals surface area contributed by atoms with Gasteiger partial charge in [0.25, 0.3) is 0 Å². The maximum Gasteiger partial charge on any atom is 0.0640 e. The first-order chi connectivity index (χ1) is 8.58. The van der Waals surface area contributed by atoms with Gasteiger partial charge in [0.1, 0.15) is 0 Å². The second-order valence-corrected chi connectivity index (χ2v) is 6.04. The fraction of sp³-hybridized carbons (Fsp3) is 0.571. The zero-order valence-corrected chi connectivity index (χ0v) is 12.4. The predicted molar refractivity (Wildman–Crippen MR) is 79.9 cm³/mol. The molecular formula is C14H20Cl2N2. The van der Waals surface area contributed by atoms with Crippen molar-refractivity contribution in [1.82, 2.24) is 5.32 Å². The normalized spacial score (nSPS) is 21.2. The monoisotopic (exact) mass is 286 g/mol. The minimum Gasteiger partial charge on any atom is -0.369 e. The Bertz CT molecular complexity index is 407. The average molecular weight is 287 g/mol. The van der Waals surface area contributed by atoms with Gasteiger partial charge in [0.2, 0.25) is 0 Å². The van der Waals surface area contributed by atoms with Crippen molar-refractivity contribution in [2.24, 2.45) is 5.92 Å². The number of benzene rings is 1. The Kier molecular flexibility index (Phi) is 4.77. The minimum atomic E-state index is 0.502. The Hall–Kier alpha value is -0.440. The molecule has 18 heavy (non-hydrogen) atoms. The summed E-state index contributed by atoms with van der Waals surface area (Å²) in [5.74, 6) is 0.614. The van der Waals surface area contributed by atoms with E-state index in [1.807, 2.05) is 18.2 Å². The van der Waals surface area contributed by atoms with Crippen LogP contribution in [0.1, 0.15) is 20.3 Å². The third-order valence-corrected chi connectivity index (χ3v) is 4.04. The van der Waals surface area contributed by atoms with Crippen molar-refractivity contribution in [2.75, 3.05) is 24.5 Å².